The van der Waals surface area contributed by atoms with Crippen molar-refractivity contribution in [3.63, 3.8) is 0 Å². The molecule has 5 heterocycles. The van der Waals surface area contributed by atoms with Gasteiger partial charge in [0.1, 0.15) is 11.4 Å². The SMILES string of the molecule is CCOC(=O)N1CCN(C(=O)C2C3C=C[C@@]4(CN(c5cc(C)on5)C(=O)C24)O3)CC1. The van der Waals surface area contributed by atoms with Gasteiger partial charge >= 0.3 is 6.09 Å². The van der Waals surface area contributed by atoms with Gasteiger partial charge in [-0.25, -0.2) is 4.79 Å². The van der Waals surface area contributed by atoms with Gasteiger partial charge in [-0.1, -0.05) is 17.3 Å². The Morgan fingerprint density at radius 2 is 2.00 bits per heavy atom. The second-order valence-electron chi connectivity index (χ2n) is 8.13. The summed E-state index contributed by atoms with van der Waals surface area (Å²) in [6.45, 7) is 5.79. The first-order chi connectivity index (χ1) is 14.4. The summed E-state index contributed by atoms with van der Waals surface area (Å²) < 4.78 is 16.3. The number of anilines is 1. The van der Waals surface area contributed by atoms with Crippen molar-refractivity contribution in [1.82, 2.24) is 15.0 Å². The number of nitrogens with zero attached hydrogens (tertiary/aromatic N) is 4. The van der Waals surface area contributed by atoms with Gasteiger partial charge in [0.15, 0.2) is 5.82 Å². The maximum absolute atomic E-state index is 13.4. The molecule has 4 aliphatic rings. The van der Waals surface area contributed by atoms with E-state index in [0.29, 0.717) is 50.9 Å². The lowest BCUT2D eigenvalue weighted by atomic mass is 9.76. The lowest BCUT2D eigenvalue weighted by Gasteiger charge is -2.36. The molecule has 2 bridgehead atoms. The number of amides is 3. The number of carbonyl (C=O) groups is 3. The van der Waals surface area contributed by atoms with Crippen molar-refractivity contribution in [3.8, 4) is 0 Å². The van der Waals surface area contributed by atoms with Crippen LogP contribution in [0.5, 0.6) is 0 Å². The third-order valence-electron chi connectivity index (χ3n) is 6.39. The summed E-state index contributed by atoms with van der Waals surface area (Å²) in [5.74, 6) is -0.379. The molecule has 30 heavy (non-hydrogen) atoms. The molecule has 1 aromatic heterocycles. The number of piperazine rings is 1. The largest absolute Gasteiger partial charge is 0.450 e. The fourth-order valence-corrected chi connectivity index (χ4v) is 4.99. The predicted octanol–water partition coefficient (Wildman–Crippen LogP) is 0.570. The molecule has 4 aliphatic heterocycles. The van der Waals surface area contributed by atoms with E-state index in [0.717, 1.165) is 0 Å². The quantitative estimate of drug-likeness (QED) is 0.664. The lowest BCUT2D eigenvalue weighted by molar-refractivity contribution is -0.141. The highest BCUT2D eigenvalue weighted by Gasteiger charge is 2.67. The van der Waals surface area contributed by atoms with Crippen molar-refractivity contribution in [2.45, 2.75) is 25.6 Å². The van der Waals surface area contributed by atoms with Gasteiger partial charge in [-0.2, -0.15) is 0 Å². The first-order valence-corrected chi connectivity index (χ1v) is 10.3. The van der Waals surface area contributed by atoms with Gasteiger partial charge in [0.2, 0.25) is 11.8 Å². The van der Waals surface area contributed by atoms with Crippen molar-refractivity contribution in [3.05, 3.63) is 24.0 Å². The fourth-order valence-electron chi connectivity index (χ4n) is 4.99. The highest BCUT2D eigenvalue weighted by atomic mass is 16.6. The third-order valence-corrected chi connectivity index (χ3v) is 6.39. The smallest absolute Gasteiger partial charge is 0.409 e. The zero-order valence-electron chi connectivity index (χ0n) is 16.9. The van der Waals surface area contributed by atoms with Crippen LogP contribution in [0.3, 0.4) is 0 Å². The molecule has 10 nitrogen and oxygen atoms in total. The monoisotopic (exact) mass is 416 g/mol. The normalized spacial score (nSPS) is 32.1. The highest BCUT2D eigenvalue weighted by molar-refractivity contribution is 6.02. The molecule has 3 amide bonds. The summed E-state index contributed by atoms with van der Waals surface area (Å²) in [4.78, 5) is 43.5. The average Bonchev–Trinajstić information content (AvgIpc) is 3.49. The second kappa shape index (κ2) is 6.83. The van der Waals surface area contributed by atoms with E-state index in [1.54, 1.807) is 34.6 Å². The zero-order chi connectivity index (χ0) is 21.0. The summed E-state index contributed by atoms with van der Waals surface area (Å²) in [6.07, 6.45) is 3.03. The van der Waals surface area contributed by atoms with Crippen LogP contribution < -0.4 is 4.90 Å². The molecule has 10 heteroatoms. The minimum Gasteiger partial charge on any atom is -0.450 e. The molecule has 3 saturated heterocycles. The van der Waals surface area contributed by atoms with E-state index >= 15 is 0 Å². The second-order valence-corrected chi connectivity index (χ2v) is 8.13. The fraction of sp³-hybridized carbons (Fsp3) is 0.600. The van der Waals surface area contributed by atoms with Crippen molar-refractivity contribution in [2.24, 2.45) is 11.8 Å². The number of carbonyl (C=O) groups excluding carboxylic acids is 3. The van der Waals surface area contributed by atoms with Gasteiger partial charge < -0.3 is 23.8 Å². The van der Waals surface area contributed by atoms with E-state index < -0.39 is 23.5 Å². The van der Waals surface area contributed by atoms with E-state index in [4.69, 9.17) is 14.0 Å². The molecule has 160 valence electrons. The zero-order valence-corrected chi connectivity index (χ0v) is 16.9. The van der Waals surface area contributed by atoms with Gasteiger partial charge in [-0.3, -0.25) is 14.5 Å². The van der Waals surface area contributed by atoms with Crippen LogP contribution in [0.15, 0.2) is 22.7 Å². The van der Waals surface area contributed by atoms with E-state index in [-0.39, 0.29) is 17.9 Å². The Morgan fingerprint density at radius 1 is 1.27 bits per heavy atom. The summed E-state index contributed by atoms with van der Waals surface area (Å²) in [5.41, 5.74) is -0.804. The number of hydrogen-bond donors (Lipinski definition) is 0. The number of ether oxygens (including phenoxy) is 2. The maximum Gasteiger partial charge on any atom is 0.409 e. The molecule has 0 radical (unpaired) electrons. The van der Waals surface area contributed by atoms with Crippen LogP contribution in [-0.2, 0) is 19.1 Å². The van der Waals surface area contributed by atoms with Crippen molar-refractivity contribution in [1.29, 1.82) is 0 Å². The Balaban J connectivity index is 1.32. The molecule has 1 aromatic rings. The molecule has 0 aliphatic carbocycles. The molecular formula is C20H24N4O6. The molecular weight excluding hydrogens is 392 g/mol. The summed E-state index contributed by atoms with van der Waals surface area (Å²) in [5, 5.41) is 3.96. The molecule has 0 aromatic carbocycles. The molecule has 3 fully saturated rings. The molecule has 4 atom stereocenters. The number of fused-ring (bicyclic) bond motifs is 1. The van der Waals surface area contributed by atoms with Crippen LogP contribution in [0.4, 0.5) is 10.6 Å². The Kier molecular flexibility index (Phi) is 4.35. The maximum atomic E-state index is 13.4. The van der Waals surface area contributed by atoms with Gasteiger partial charge in [0.25, 0.3) is 0 Å². The summed E-state index contributed by atoms with van der Waals surface area (Å²) in [7, 11) is 0. The summed E-state index contributed by atoms with van der Waals surface area (Å²) >= 11 is 0. The van der Waals surface area contributed by atoms with Gasteiger partial charge in [-0.15, -0.1) is 0 Å². The number of rotatable bonds is 3. The lowest BCUT2D eigenvalue weighted by Crippen LogP contribution is -2.54. The number of aromatic nitrogens is 1. The van der Waals surface area contributed by atoms with Crippen molar-refractivity contribution >= 4 is 23.7 Å². The van der Waals surface area contributed by atoms with E-state index in [2.05, 4.69) is 5.16 Å². The standard InChI is InChI=1S/C20H24N4O6/c1-3-28-19(27)23-8-6-22(7-9-23)17(25)15-13-4-5-20(29-13)11-24(18(26)16(15)20)14-10-12(2)30-21-14/h4-5,10,13,15-16H,3,6-9,11H2,1-2H3/t13?,15?,16?,20-/m0/s1. The topological polar surface area (TPSA) is 105 Å². The Labute approximate surface area is 173 Å². The highest BCUT2D eigenvalue weighted by Crippen LogP contribution is 2.53. The van der Waals surface area contributed by atoms with Crippen LogP contribution in [0.1, 0.15) is 12.7 Å². The van der Waals surface area contributed by atoms with Crippen molar-refractivity contribution < 1.29 is 28.4 Å². The molecule has 3 unspecified atom stereocenters. The van der Waals surface area contributed by atoms with E-state index in [9.17, 15) is 14.4 Å². The predicted molar refractivity (Wildman–Crippen MR) is 102 cm³/mol. The van der Waals surface area contributed by atoms with Crippen LogP contribution in [0, 0.1) is 18.8 Å². The van der Waals surface area contributed by atoms with Crippen LogP contribution in [0.2, 0.25) is 0 Å². The Morgan fingerprint density at radius 3 is 2.67 bits per heavy atom. The van der Waals surface area contributed by atoms with E-state index in [1.807, 2.05) is 12.2 Å². The van der Waals surface area contributed by atoms with Gasteiger partial charge in [0.05, 0.1) is 31.1 Å². The Bertz CT molecular complexity index is 920. The minimum atomic E-state index is -0.804. The van der Waals surface area contributed by atoms with E-state index in [1.165, 1.54) is 0 Å². The molecule has 0 N–H and O–H groups in total. The molecule has 0 saturated carbocycles. The Hall–Kier alpha value is -2.88. The number of hydrogen-bond acceptors (Lipinski definition) is 7. The van der Waals surface area contributed by atoms with Crippen LogP contribution >= 0.6 is 0 Å². The first-order valence-electron chi connectivity index (χ1n) is 10.3. The van der Waals surface area contributed by atoms with Crippen molar-refractivity contribution in [2.75, 3.05) is 44.2 Å². The summed E-state index contributed by atoms with van der Waals surface area (Å²) in [6, 6.07) is 1.71. The van der Waals surface area contributed by atoms with Gasteiger partial charge in [-0.05, 0) is 13.8 Å². The molecule has 5 rings (SSSR count). The van der Waals surface area contributed by atoms with Gasteiger partial charge in [0, 0.05) is 32.2 Å². The minimum absolute atomic E-state index is 0.105. The third kappa shape index (κ3) is 2.73. The first kappa shape index (κ1) is 19.1. The number of aryl methyl sites for hydroxylation is 1. The van der Waals surface area contributed by atoms with Crippen LogP contribution in [-0.4, -0.2) is 83.9 Å². The molecule has 1 spiro atoms. The van der Waals surface area contributed by atoms with Crippen LogP contribution in [0.25, 0.3) is 0 Å². The average molecular weight is 416 g/mol.